The van der Waals surface area contributed by atoms with Gasteiger partial charge in [0.25, 0.3) is 0 Å². The van der Waals surface area contributed by atoms with Gasteiger partial charge in [-0.15, -0.1) is 0 Å². The van der Waals surface area contributed by atoms with Gasteiger partial charge in [-0.05, 0) is 69.1 Å². The number of pyridine rings is 1. The molecule has 37 heavy (non-hydrogen) atoms. The first-order chi connectivity index (χ1) is 18.3. The van der Waals surface area contributed by atoms with E-state index in [1.54, 1.807) is 6.26 Å². The van der Waals surface area contributed by atoms with E-state index >= 15 is 0 Å². The molecule has 5 heterocycles. The summed E-state index contributed by atoms with van der Waals surface area (Å²) in [5.41, 5.74) is 5.80. The number of rotatable bonds is 6. The number of imidazole rings is 1. The summed E-state index contributed by atoms with van der Waals surface area (Å²) < 4.78 is 7.67. The molecular weight excluding hydrogens is 458 g/mol. The van der Waals surface area contributed by atoms with Crippen molar-refractivity contribution in [1.82, 2.24) is 24.3 Å². The van der Waals surface area contributed by atoms with Crippen LogP contribution in [0.4, 0.5) is 0 Å². The summed E-state index contributed by atoms with van der Waals surface area (Å²) in [6.07, 6.45) is 10.0. The quantitative estimate of drug-likeness (QED) is 0.294. The van der Waals surface area contributed by atoms with Gasteiger partial charge >= 0.3 is 0 Å². The lowest BCUT2D eigenvalue weighted by atomic mass is 9.91. The lowest BCUT2D eigenvalue weighted by molar-refractivity contribution is 0.155. The van der Waals surface area contributed by atoms with Crippen LogP contribution in [-0.4, -0.2) is 50.5 Å². The minimum absolute atomic E-state index is 0.417. The van der Waals surface area contributed by atoms with E-state index in [0.29, 0.717) is 12.0 Å². The molecule has 2 aliphatic heterocycles. The average Bonchev–Trinajstić information content (AvgIpc) is 3.63. The first-order valence-electron chi connectivity index (χ1n) is 13.8. The second kappa shape index (κ2) is 11.8. The fourth-order valence-corrected chi connectivity index (χ4v) is 5.82. The highest BCUT2D eigenvalue weighted by Crippen LogP contribution is 2.35. The Balaban J connectivity index is 0.00000137. The Bertz CT molecular complexity index is 1260. The van der Waals surface area contributed by atoms with Crippen LogP contribution in [0, 0.1) is 5.92 Å². The van der Waals surface area contributed by atoms with Crippen molar-refractivity contribution in [2.45, 2.75) is 52.1 Å². The van der Waals surface area contributed by atoms with E-state index in [1.807, 2.05) is 38.4 Å². The molecule has 3 aromatic heterocycles. The van der Waals surface area contributed by atoms with Crippen molar-refractivity contribution in [3.63, 3.8) is 0 Å². The molecule has 4 aromatic rings. The Morgan fingerprint density at radius 2 is 1.70 bits per heavy atom. The largest absolute Gasteiger partial charge is 0.472 e. The summed E-state index contributed by atoms with van der Waals surface area (Å²) in [5.74, 6) is 1.57. The SMILES string of the molecule is C=C(C1CCN(Cc2ccoc2)CC1)N1CCC(n2c(-c3ccccn3)nc3ccccc32)CC1.CC. The van der Waals surface area contributed by atoms with Gasteiger partial charge in [0.15, 0.2) is 5.82 Å². The molecule has 0 N–H and O–H groups in total. The number of likely N-dealkylation sites (tertiary alicyclic amines) is 2. The Labute approximate surface area is 220 Å². The van der Waals surface area contributed by atoms with E-state index in [0.717, 1.165) is 62.6 Å². The highest BCUT2D eigenvalue weighted by molar-refractivity contribution is 5.80. The van der Waals surface area contributed by atoms with Crippen LogP contribution in [0.2, 0.25) is 0 Å². The maximum absolute atomic E-state index is 5.23. The summed E-state index contributed by atoms with van der Waals surface area (Å²) in [6.45, 7) is 13.9. The van der Waals surface area contributed by atoms with Crippen LogP contribution in [0.5, 0.6) is 0 Å². The van der Waals surface area contributed by atoms with Crippen LogP contribution < -0.4 is 0 Å². The summed E-state index contributed by atoms with van der Waals surface area (Å²) in [5, 5.41) is 0. The average molecular weight is 498 g/mol. The van der Waals surface area contributed by atoms with Crippen molar-refractivity contribution in [2.75, 3.05) is 26.2 Å². The zero-order valence-corrected chi connectivity index (χ0v) is 22.2. The van der Waals surface area contributed by atoms with Gasteiger partial charge in [0.1, 0.15) is 5.69 Å². The minimum atomic E-state index is 0.417. The summed E-state index contributed by atoms with van der Waals surface area (Å²) in [7, 11) is 0. The third-order valence-electron chi connectivity index (χ3n) is 7.77. The molecule has 2 saturated heterocycles. The highest BCUT2D eigenvalue weighted by Gasteiger charge is 2.29. The Kier molecular flexibility index (Phi) is 8.05. The van der Waals surface area contributed by atoms with Crippen molar-refractivity contribution in [1.29, 1.82) is 0 Å². The molecule has 0 unspecified atom stereocenters. The van der Waals surface area contributed by atoms with Gasteiger partial charge in [-0.2, -0.15) is 0 Å². The van der Waals surface area contributed by atoms with Crippen LogP contribution in [0.3, 0.4) is 0 Å². The standard InChI is InChI=1S/C29H33N5O.C2H6/c1-22(24-9-15-32(16-10-24)20-23-13-19-35-21-23)33-17-11-25(12-18-33)34-28-8-3-2-6-26(28)31-29(34)27-7-4-5-14-30-27;1-2/h2-8,13-14,19,21,24-25H,1,9-12,15-18,20H2;1-2H3. The number of para-hydroxylation sites is 2. The van der Waals surface area contributed by atoms with Gasteiger partial charge in [0.2, 0.25) is 0 Å². The number of piperidine rings is 2. The van der Waals surface area contributed by atoms with Gasteiger partial charge in [-0.25, -0.2) is 4.98 Å². The second-order valence-corrected chi connectivity index (χ2v) is 9.90. The molecule has 0 amide bonds. The number of furan rings is 1. The molecule has 1 aromatic carbocycles. The maximum atomic E-state index is 5.23. The molecule has 2 aliphatic rings. The van der Waals surface area contributed by atoms with Gasteiger partial charge in [-0.1, -0.05) is 38.6 Å². The van der Waals surface area contributed by atoms with E-state index in [4.69, 9.17) is 9.40 Å². The molecule has 0 atom stereocenters. The molecule has 0 saturated carbocycles. The number of hydrogen-bond acceptors (Lipinski definition) is 5. The Morgan fingerprint density at radius 1 is 0.946 bits per heavy atom. The summed E-state index contributed by atoms with van der Waals surface area (Å²) in [4.78, 5) is 14.7. The van der Waals surface area contributed by atoms with Gasteiger partial charge in [0.05, 0.1) is 23.6 Å². The summed E-state index contributed by atoms with van der Waals surface area (Å²) in [6, 6.07) is 17.0. The van der Waals surface area contributed by atoms with E-state index in [2.05, 4.69) is 62.3 Å². The fourth-order valence-electron chi connectivity index (χ4n) is 5.82. The number of hydrogen-bond donors (Lipinski definition) is 0. The molecule has 0 radical (unpaired) electrons. The molecule has 0 spiro atoms. The van der Waals surface area contributed by atoms with E-state index in [1.165, 1.54) is 29.6 Å². The monoisotopic (exact) mass is 497 g/mol. The zero-order valence-electron chi connectivity index (χ0n) is 22.2. The lowest BCUT2D eigenvalue weighted by Crippen LogP contribution is -2.40. The van der Waals surface area contributed by atoms with E-state index in [9.17, 15) is 0 Å². The normalized spacial score (nSPS) is 17.5. The van der Waals surface area contributed by atoms with Crippen LogP contribution in [0.25, 0.3) is 22.6 Å². The van der Waals surface area contributed by atoms with Crippen LogP contribution in [0.15, 0.2) is 83.9 Å². The number of nitrogens with zero attached hydrogens (tertiary/aromatic N) is 5. The van der Waals surface area contributed by atoms with Crippen LogP contribution in [-0.2, 0) is 6.54 Å². The van der Waals surface area contributed by atoms with Crippen molar-refractivity contribution < 1.29 is 4.42 Å². The lowest BCUT2D eigenvalue weighted by Gasteiger charge is -2.41. The van der Waals surface area contributed by atoms with Crippen molar-refractivity contribution >= 4 is 11.0 Å². The first-order valence-corrected chi connectivity index (χ1v) is 13.8. The number of fused-ring (bicyclic) bond motifs is 1. The van der Waals surface area contributed by atoms with E-state index in [-0.39, 0.29) is 0 Å². The molecular formula is C31H39N5O. The summed E-state index contributed by atoms with van der Waals surface area (Å²) >= 11 is 0. The van der Waals surface area contributed by atoms with Crippen LogP contribution in [0.1, 0.15) is 51.1 Å². The molecule has 6 heteroatoms. The number of benzene rings is 1. The topological polar surface area (TPSA) is 50.3 Å². The highest BCUT2D eigenvalue weighted by atomic mass is 16.3. The molecule has 2 fully saturated rings. The Hall–Kier alpha value is -3.38. The second-order valence-electron chi connectivity index (χ2n) is 9.90. The molecule has 6 rings (SSSR count). The van der Waals surface area contributed by atoms with Gasteiger partial charge in [-0.3, -0.25) is 9.88 Å². The maximum Gasteiger partial charge on any atom is 0.160 e. The molecule has 0 aliphatic carbocycles. The third-order valence-corrected chi connectivity index (χ3v) is 7.77. The van der Waals surface area contributed by atoms with Crippen molar-refractivity contribution in [2.24, 2.45) is 5.92 Å². The minimum Gasteiger partial charge on any atom is -0.472 e. The fraction of sp³-hybridized carbons (Fsp3) is 0.419. The predicted octanol–water partition coefficient (Wildman–Crippen LogP) is 6.78. The van der Waals surface area contributed by atoms with Crippen LogP contribution >= 0.6 is 0 Å². The zero-order chi connectivity index (χ0) is 25.6. The first kappa shape index (κ1) is 25.3. The molecule has 194 valence electrons. The van der Waals surface area contributed by atoms with Crippen molar-refractivity contribution in [3.05, 3.63) is 85.1 Å². The van der Waals surface area contributed by atoms with Gasteiger partial charge < -0.3 is 13.9 Å². The molecule has 6 nitrogen and oxygen atoms in total. The predicted molar refractivity (Wildman–Crippen MR) is 150 cm³/mol. The van der Waals surface area contributed by atoms with E-state index < -0.39 is 0 Å². The number of aromatic nitrogens is 3. The third kappa shape index (κ3) is 5.49. The number of allylic oxidation sites excluding steroid dienone is 1. The molecule has 0 bridgehead atoms. The smallest absolute Gasteiger partial charge is 0.160 e. The van der Waals surface area contributed by atoms with Gasteiger partial charge in [0, 0.05) is 49.1 Å². The Morgan fingerprint density at radius 3 is 2.41 bits per heavy atom. The van der Waals surface area contributed by atoms with Crippen molar-refractivity contribution in [3.8, 4) is 11.5 Å².